The maximum atomic E-state index is 14.6. The van der Waals surface area contributed by atoms with Crippen LogP contribution in [0.1, 0.15) is 74.5 Å². The molecule has 7 rings (SSSR count). The summed E-state index contributed by atoms with van der Waals surface area (Å²) >= 11 is 0. The molecule has 3 N–H and O–H groups in total. The van der Waals surface area contributed by atoms with Crippen LogP contribution in [0.3, 0.4) is 0 Å². The number of benzene rings is 4. The minimum atomic E-state index is -1.45. The SMILES string of the molecule is C=CCO[C@@]12Oc3ccc(O)cc3[C@H]3[C@H](CCCCO)[C@@H](CCCCO)C=C(C(=NOCc4ccccc4)C[C@@H]1N(Cc1cccc4ccccc14)C(=O)OCC)[C@H]32. The number of aliphatic hydroxyl groups is 2. The zero-order valence-corrected chi connectivity index (χ0v) is 33.4. The number of unbranched alkanes of at least 4 members (excludes halogenated alkanes) is 2. The Hall–Kier alpha value is -5.16. The third-order valence-electron chi connectivity index (χ3n) is 12.0. The van der Waals surface area contributed by atoms with E-state index in [9.17, 15) is 20.1 Å². The lowest BCUT2D eigenvalue weighted by Crippen LogP contribution is -2.70. The van der Waals surface area contributed by atoms with Gasteiger partial charge >= 0.3 is 6.09 Å². The molecule has 306 valence electrons. The standard InChI is InChI=1S/C48H56N2O8/c1-3-27-56-48-44(50(47(54)55-4-2)31-36-20-14-19-34-17-8-9-21-38(34)36)30-42(49-57-32-33-15-6-5-7-16-33)40-28-35(18-10-12-25-51)39(22-11-13-26-52)45(46(40)48)41-29-37(53)23-24-43(41)58-48/h3,5-9,14-17,19-21,23-24,28-29,35,39,44-46,51-53H,1,4,10-13,18,22,25-27,30-32H2,2H3/t35-,39+,44-,45+,46+,48+/m0/s1. The second kappa shape index (κ2) is 19.1. The highest BCUT2D eigenvalue weighted by molar-refractivity contribution is 6.03. The first-order valence-corrected chi connectivity index (χ1v) is 20.8. The van der Waals surface area contributed by atoms with Crippen LogP contribution in [-0.2, 0) is 27.5 Å². The van der Waals surface area contributed by atoms with Gasteiger partial charge in [-0.1, -0.05) is 103 Å². The van der Waals surface area contributed by atoms with Gasteiger partial charge in [0.2, 0.25) is 5.79 Å². The van der Waals surface area contributed by atoms with Crippen molar-refractivity contribution >= 4 is 22.6 Å². The van der Waals surface area contributed by atoms with Gasteiger partial charge in [-0.05, 0) is 90.1 Å². The van der Waals surface area contributed by atoms with Gasteiger partial charge in [-0.25, -0.2) is 4.79 Å². The van der Waals surface area contributed by atoms with Crippen molar-refractivity contribution in [3.63, 3.8) is 0 Å². The van der Waals surface area contributed by atoms with Crippen LogP contribution >= 0.6 is 0 Å². The highest BCUT2D eigenvalue weighted by atomic mass is 16.7. The summed E-state index contributed by atoms with van der Waals surface area (Å²) < 4.78 is 20.2. The molecule has 1 aliphatic heterocycles. The fourth-order valence-electron chi connectivity index (χ4n) is 9.54. The molecule has 3 aliphatic rings. The Balaban J connectivity index is 1.45. The summed E-state index contributed by atoms with van der Waals surface area (Å²) in [6, 6.07) is 28.6. The summed E-state index contributed by atoms with van der Waals surface area (Å²) in [6.07, 6.45) is 8.29. The van der Waals surface area contributed by atoms with Gasteiger partial charge in [0.15, 0.2) is 0 Å². The van der Waals surface area contributed by atoms with E-state index in [0.29, 0.717) is 24.3 Å². The quantitative estimate of drug-likeness (QED) is 0.0518. The van der Waals surface area contributed by atoms with Crippen molar-refractivity contribution in [2.75, 3.05) is 26.4 Å². The average molecular weight is 789 g/mol. The lowest BCUT2D eigenvalue weighted by molar-refractivity contribution is -0.256. The largest absolute Gasteiger partial charge is 0.508 e. The van der Waals surface area contributed by atoms with Crippen molar-refractivity contribution in [1.29, 1.82) is 0 Å². The highest BCUT2D eigenvalue weighted by Crippen LogP contribution is 2.62. The molecular weight excluding hydrogens is 733 g/mol. The molecule has 1 heterocycles. The van der Waals surface area contributed by atoms with Crippen molar-refractivity contribution < 1.29 is 39.2 Å². The number of allylic oxidation sites excluding steroid dienone is 1. The molecule has 0 bridgehead atoms. The molecule has 0 saturated heterocycles. The lowest BCUT2D eigenvalue weighted by atomic mass is 9.55. The van der Waals surface area contributed by atoms with Gasteiger partial charge in [0.05, 0.1) is 31.4 Å². The molecule has 1 amide bonds. The minimum Gasteiger partial charge on any atom is -0.508 e. The smallest absolute Gasteiger partial charge is 0.410 e. The van der Waals surface area contributed by atoms with Gasteiger partial charge in [0.1, 0.15) is 24.1 Å². The maximum Gasteiger partial charge on any atom is 0.410 e. The van der Waals surface area contributed by atoms with Gasteiger partial charge in [-0.2, -0.15) is 0 Å². The summed E-state index contributed by atoms with van der Waals surface area (Å²) in [5.41, 5.74) is 4.38. The molecule has 6 atom stereocenters. The number of carbonyl (C=O) groups is 1. The number of hydrogen-bond acceptors (Lipinski definition) is 9. The second-order valence-electron chi connectivity index (χ2n) is 15.5. The van der Waals surface area contributed by atoms with Crippen molar-refractivity contribution in [3.05, 3.63) is 132 Å². The predicted molar refractivity (Wildman–Crippen MR) is 224 cm³/mol. The first-order chi connectivity index (χ1) is 28.4. The fraction of sp³-hybridized carbons (Fsp3) is 0.417. The van der Waals surface area contributed by atoms with Crippen LogP contribution in [0.4, 0.5) is 4.79 Å². The summed E-state index contributed by atoms with van der Waals surface area (Å²) in [5.74, 6) is -1.39. The van der Waals surface area contributed by atoms with E-state index in [-0.39, 0.29) is 69.5 Å². The number of carbonyl (C=O) groups excluding carboxylic acids is 1. The van der Waals surface area contributed by atoms with Crippen LogP contribution in [0.5, 0.6) is 11.5 Å². The summed E-state index contributed by atoms with van der Waals surface area (Å²) in [4.78, 5) is 22.5. The number of hydrogen-bond donors (Lipinski definition) is 3. The molecule has 58 heavy (non-hydrogen) atoms. The van der Waals surface area contributed by atoms with E-state index in [1.165, 1.54) is 0 Å². The van der Waals surface area contributed by atoms with E-state index in [4.69, 9.17) is 24.2 Å². The molecular formula is C48H56N2O8. The Labute approximate surface area is 341 Å². The van der Waals surface area contributed by atoms with Crippen molar-refractivity contribution in [3.8, 4) is 11.5 Å². The maximum absolute atomic E-state index is 14.6. The van der Waals surface area contributed by atoms with E-state index in [1.54, 1.807) is 36.1 Å². The number of phenolic OH excluding ortho intramolecular Hbond substituents is 1. The van der Waals surface area contributed by atoms with Crippen LogP contribution in [0.2, 0.25) is 0 Å². The van der Waals surface area contributed by atoms with E-state index in [0.717, 1.165) is 58.7 Å². The number of fused-ring (bicyclic) bond motifs is 3. The third kappa shape index (κ3) is 8.51. The first-order valence-electron chi connectivity index (χ1n) is 20.8. The zero-order chi connectivity index (χ0) is 40.5. The Morgan fingerprint density at radius 1 is 0.966 bits per heavy atom. The molecule has 4 aromatic rings. The van der Waals surface area contributed by atoms with Gasteiger partial charge in [0, 0.05) is 31.1 Å². The number of phenols is 1. The Morgan fingerprint density at radius 2 is 1.72 bits per heavy atom. The number of rotatable bonds is 18. The number of oxime groups is 1. The normalized spacial score (nSPS) is 23.9. The van der Waals surface area contributed by atoms with Crippen LogP contribution in [0, 0.1) is 17.8 Å². The number of amides is 1. The van der Waals surface area contributed by atoms with Crippen molar-refractivity contribution in [2.45, 2.75) is 82.8 Å². The number of ether oxygens (including phenoxy) is 3. The van der Waals surface area contributed by atoms with Crippen LogP contribution in [0.15, 0.2) is 120 Å². The molecule has 10 heteroatoms. The minimum absolute atomic E-state index is 0.0366. The molecule has 0 radical (unpaired) electrons. The van der Waals surface area contributed by atoms with Crippen LogP contribution in [0.25, 0.3) is 10.8 Å². The molecule has 0 spiro atoms. The van der Waals surface area contributed by atoms with Gasteiger partial charge in [-0.3, -0.25) is 4.90 Å². The van der Waals surface area contributed by atoms with E-state index >= 15 is 0 Å². The summed E-state index contributed by atoms with van der Waals surface area (Å²) in [6.45, 7) is 6.78. The molecule has 4 aromatic carbocycles. The Bertz CT molecular complexity index is 2080. The predicted octanol–water partition coefficient (Wildman–Crippen LogP) is 9.04. The molecule has 0 unspecified atom stereocenters. The van der Waals surface area contributed by atoms with Gasteiger partial charge in [0.25, 0.3) is 0 Å². The zero-order valence-electron chi connectivity index (χ0n) is 33.4. The van der Waals surface area contributed by atoms with Gasteiger partial charge in [-0.15, -0.1) is 6.58 Å². The number of aliphatic hydroxyl groups excluding tert-OH is 2. The molecule has 0 aromatic heterocycles. The van der Waals surface area contributed by atoms with E-state index < -0.39 is 23.8 Å². The summed E-state index contributed by atoms with van der Waals surface area (Å²) in [5, 5.41) is 37.8. The Kier molecular flexibility index (Phi) is 13.5. The van der Waals surface area contributed by atoms with Crippen molar-refractivity contribution in [1.82, 2.24) is 4.90 Å². The highest BCUT2D eigenvalue weighted by Gasteiger charge is 2.65. The van der Waals surface area contributed by atoms with Crippen molar-refractivity contribution in [2.24, 2.45) is 22.9 Å². The monoisotopic (exact) mass is 788 g/mol. The lowest BCUT2D eigenvalue weighted by Gasteiger charge is -2.59. The first kappa shape index (κ1) is 41.0. The molecule has 1 saturated carbocycles. The fourth-order valence-corrected chi connectivity index (χ4v) is 9.54. The topological polar surface area (TPSA) is 130 Å². The van der Waals surface area contributed by atoms with Gasteiger partial charge < -0.3 is 34.4 Å². The summed E-state index contributed by atoms with van der Waals surface area (Å²) in [7, 11) is 0. The second-order valence-corrected chi connectivity index (χ2v) is 15.5. The number of nitrogens with zero attached hydrogens (tertiary/aromatic N) is 2. The average Bonchev–Trinajstić information content (AvgIpc) is 3.24. The van der Waals surface area contributed by atoms with E-state index in [2.05, 4.69) is 30.9 Å². The molecule has 10 nitrogen and oxygen atoms in total. The number of aromatic hydroxyl groups is 1. The third-order valence-corrected chi connectivity index (χ3v) is 12.0. The Morgan fingerprint density at radius 3 is 2.50 bits per heavy atom. The molecule has 2 aliphatic carbocycles. The van der Waals surface area contributed by atoms with Crippen LogP contribution < -0.4 is 4.74 Å². The molecule has 1 fully saturated rings. The van der Waals surface area contributed by atoms with Crippen LogP contribution in [-0.4, -0.2) is 70.3 Å². The van der Waals surface area contributed by atoms with E-state index in [1.807, 2.05) is 54.6 Å².